The van der Waals surface area contributed by atoms with Gasteiger partial charge in [0, 0.05) is 11.7 Å². The SMILES string of the molecule is Cc1cccc(C)c1OCC(=O)Nc1cccc(S(=O)(=O)NC2CC2)c1. The van der Waals surface area contributed by atoms with E-state index in [0.717, 1.165) is 24.0 Å². The Hall–Kier alpha value is -2.38. The molecule has 1 aliphatic carbocycles. The molecule has 0 atom stereocenters. The number of nitrogens with one attached hydrogen (secondary N) is 2. The minimum atomic E-state index is -3.55. The normalized spacial score (nSPS) is 14.1. The number of carbonyl (C=O) groups is 1. The molecule has 0 heterocycles. The molecule has 26 heavy (non-hydrogen) atoms. The van der Waals surface area contributed by atoms with Gasteiger partial charge in [0.25, 0.3) is 5.91 Å². The molecule has 0 aromatic heterocycles. The number of amides is 1. The van der Waals surface area contributed by atoms with E-state index in [9.17, 15) is 13.2 Å². The lowest BCUT2D eigenvalue weighted by molar-refractivity contribution is -0.118. The second-order valence-electron chi connectivity index (χ2n) is 6.48. The van der Waals surface area contributed by atoms with Gasteiger partial charge >= 0.3 is 0 Å². The Labute approximate surface area is 153 Å². The van der Waals surface area contributed by atoms with Crippen LogP contribution in [0.1, 0.15) is 24.0 Å². The first kappa shape index (κ1) is 18.4. The molecular formula is C19H22N2O4S. The molecule has 138 valence electrons. The third-order valence-corrected chi connectivity index (χ3v) is 5.60. The Morgan fingerprint density at radius 3 is 2.42 bits per heavy atom. The summed E-state index contributed by atoms with van der Waals surface area (Å²) in [7, 11) is -3.55. The molecular weight excluding hydrogens is 352 g/mol. The molecule has 0 spiro atoms. The molecule has 0 radical (unpaired) electrons. The van der Waals surface area contributed by atoms with Crippen LogP contribution in [-0.4, -0.2) is 27.0 Å². The summed E-state index contributed by atoms with van der Waals surface area (Å²) < 4.78 is 32.8. The quantitative estimate of drug-likeness (QED) is 0.780. The topological polar surface area (TPSA) is 84.5 Å². The highest BCUT2D eigenvalue weighted by Gasteiger charge is 2.28. The van der Waals surface area contributed by atoms with Gasteiger partial charge in [0.1, 0.15) is 5.75 Å². The highest BCUT2D eigenvalue weighted by molar-refractivity contribution is 7.89. The molecule has 2 aromatic rings. The number of para-hydroxylation sites is 1. The van der Waals surface area contributed by atoms with Crippen LogP contribution in [0.2, 0.25) is 0 Å². The fourth-order valence-electron chi connectivity index (χ4n) is 2.59. The second-order valence-corrected chi connectivity index (χ2v) is 8.20. The Balaban J connectivity index is 1.63. The summed E-state index contributed by atoms with van der Waals surface area (Å²) in [5, 5.41) is 2.68. The molecule has 0 aliphatic heterocycles. The molecule has 0 saturated heterocycles. The van der Waals surface area contributed by atoms with Crippen molar-refractivity contribution in [3.63, 3.8) is 0 Å². The number of carbonyl (C=O) groups excluding carboxylic acids is 1. The van der Waals surface area contributed by atoms with Crippen LogP contribution >= 0.6 is 0 Å². The van der Waals surface area contributed by atoms with Crippen LogP contribution in [0.4, 0.5) is 5.69 Å². The van der Waals surface area contributed by atoms with E-state index in [1.165, 1.54) is 12.1 Å². The predicted octanol–water partition coefficient (Wildman–Crippen LogP) is 2.76. The minimum Gasteiger partial charge on any atom is -0.483 e. The lowest BCUT2D eigenvalue weighted by Crippen LogP contribution is -2.26. The van der Waals surface area contributed by atoms with Gasteiger partial charge in [-0.05, 0) is 56.0 Å². The third kappa shape index (κ3) is 4.62. The van der Waals surface area contributed by atoms with Crippen molar-refractivity contribution in [1.82, 2.24) is 4.72 Å². The molecule has 2 N–H and O–H groups in total. The summed E-state index contributed by atoms with van der Waals surface area (Å²) in [6.07, 6.45) is 1.73. The molecule has 1 amide bonds. The van der Waals surface area contributed by atoms with Crippen LogP contribution in [0.25, 0.3) is 0 Å². The number of hydrogen-bond acceptors (Lipinski definition) is 4. The summed E-state index contributed by atoms with van der Waals surface area (Å²) >= 11 is 0. The monoisotopic (exact) mass is 374 g/mol. The van der Waals surface area contributed by atoms with Gasteiger partial charge in [-0.15, -0.1) is 0 Å². The maximum absolute atomic E-state index is 12.3. The molecule has 6 nitrogen and oxygen atoms in total. The maximum atomic E-state index is 12.3. The van der Waals surface area contributed by atoms with E-state index >= 15 is 0 Å². The van der Waals surface area contributed by atoms with Gasteiger partial charge in [-0.1, -0.05) is 24.3 Å². The first-order valence-corrected chi connectivity index (χ1v) is 9.95. The van der Waals surface area contributed by atoms with E-state index in [1.54, 1.807) is 12.1 Å². The van der Waals surface area contributed by atoms with Crippen LogP contribution in [0, 0.1) is 13.8 Å². The zero-order valence-corrected chi connectivity index (χ0v) is 15.6. The zero-order valence-electron chi connectivity index (χ0n) is 14.8. The number of anilines is 1. The first-order chi connectivity index (χ1) is 12.3. The van der Waals surface area contributed by atoms with Crippen LogP contribution < -0.4 is 14.8 Å². The number of rotatable bonds is 7. The van der Waals surface area contributed by atoms with Gasteiger partial charge in [-0.25, -0.2) is 13.1 Å². The van der Waals surface area contributed by atoms with Crippen molar-refractivity contribution in [3.05, 3.63) is 53.6 Å². The Bertz CT molecular complexity index is 901. The van der Waals surface area contributed by atoms with E-state index in [4.69, 9.17) is 4.74 Å². The van der Waals surface area contributed by atoms with Gasteiger partial charge in [0.2, 0.25) is 10.0 Å². The first-order valence-electron chi connectivity index (χ1n) is 8.46. The van der Waals surface area contributed by atoms with Gasteiger partial charge < -0.3 is 10.1 Å². The Morgan fingerprint density at radius 2 is 1.77 bits per heavy atom. The summed E-state index contributed by atoms with van der Waals surface area (Å²) in [5.41, 5.74) is 2.33. The van der Waals surface area contributed by atoms with Crippen molar-refractivity contribution in [2.24, 2.45) is 0 Å². The number of hydrogen-bond donors (Lipinski definition) is 2. The van der Waals surface area contributed by atoms with Gasteiger partial charge in [-0.3, -0.25) is 4.79 Å². The molecule has 1 saturated carbocycles. The standard InChI is InChI=1S/C19H22N2O4S/c1-13-5-3-6-14(2)19(13)25-12-18(22)20-16-7-4-8-17(11-16)26(23,24)21-15-9-10-15/h3-8,11,15,21H,9-10,12H2,1-2H3,(H,20,22). The fraction of sp³-hybridized carbons (Fsp3) is 0.316. The highest BCUT2D eigenvalue weighted by atomic mass is 32.2. The zero-order chi connectivity index (χ0) is 18.7. The van der Waals surface area contributed by atoms with Crippen LogP contribution in [0.3, 0.4) is 0 Å². The maximum Gasteiger partial charge on any atom is 0.262 e. The largest absolute Gasteiger partial charge is 0.483 e. The summed E-state index contributed by atoms with van der Waals surface area (Å²) in [5.74, 6) is 0.338. The number of aryl methyl sites for hydroxylation is 2. The van der Waals surface area contributed by atoms with Gasteiger partial charge in [0.15, 0.2) is 6.61 Å². The molecule has 3 rings (SSSR count). The Kier molecular flexibility index (Phi) is 5.29. The second kappa shape index (κ2) is 7.47. The number of ether oxygens (including phenoxy) is 1. The molecule has 7 heteroatoms. The van der Waals surface area contributed by atoms with Gasteiger partial charge in [0.05, 0.1) is 4.90 Å². The third-order valence-electron chi connectivity index (χ3n) is 4.08. The van der Waals surface area contributed by atoms with E-state index in [2.05, 4.69) is 10.0 Å². The van der Waals surface area contributed by atoms with Gasteiger partial charge in [-0.2, -0.15) is 0 Å². The summed E-state index contributed by atoms with van der Waals surface area (Å²) in [4.78, 5) is 12.3. The van der Waals surface area contributed by atoms with Crippen LogP contribution in [-0.2, 0) is 14.8 Å². The number of sulfonamides is 1. The predicted molar refractivity (Wildman–Crippen MR) is 99.8 cm³/mol. The van der Waals surface area contributed by atoms with E-state index < -0.39 is 10.0 Å². The van der Waals surface area contributed by atoms with Crippen LogP contribution in [0.15, 0.2) is 47.4 Å². The summed E-state index contributed by atoms with van der Waals surface area (Å²) in [6.45, 7) is 3.69. The van der Waals surface area contributed by atoms with E-state index in [0.29, 0.717) is 11.4 Å². The van der Waals surface area contributed by atoms with E-state index in [1.807, 2.05) is 32.0 Å². The smallest absolute Gasteiger partial charge is 0.262 e. The average molecular weight is 374 g/mol. The Morgan fingerprint density at radius 1 is 1.12 bits per heavy atom. The lowest BCUT2D eigenvalue weighted by Gasteiger charge is -2.12. The average Bonchev–Trinajstić information content (AvgIpc) is 3.38. The molecule has 1 aliphatic rings. The van der Waals surface area contributed by atoms with Crippen molar-refractivity contribution >= 4 is 21.6 Å². The fourth-order valence-corrected chi connectivity index (χ4v) is 3.94. The minimum absolute atomic E-state index is 0.0315. The van der Waals surface area contributed by atoms with Crippen molar-refractivity contribution < 1.29 is 17.9 Å². The van der Waals surface area contributed by atoms with Crippen molar-refractivity contribution in [3.8, 4) is 5.75 Å². The molecule has 0 bridgehead atoms. The lowest BCUT2D eigenvalue weighted by atomic mass is 10.1. The van der Waals surface area contributed by atoms with Crippen molar-refractivity contribution in [2.75, 3.05) is 11.9 Å². The molecule has 0 unspecified atom stereocenters. The van der Waals surface area contributed by atoms with Crippen molar-refractivity contribution in [2.45, 2.75) is 37.6 Å². The molecule has 1 fully saturated rings. The number of benzene rings is 2. The van der Waals surface area contributed by atoms with Crippen molar-refractivity contribution in [1.29, 1.82) is 0 Å². The van der Waals surface area contributed by atoms with E-state index in [-0.39, 0.29) is 23.5 Å². The van der Waals surface area contributed by atoms with Crippen LogP contribution in [0.5, 0.6) is 5.75 Å². The highest BCUT2D eigenvalue weighted by Crippen LogP contribution is 2.24. The summed E-state index contributed by atoms with van der Waals surface area (Å²) in [6, 6.07) is 12.0. The molecule has 2 aromatic carbocycles.